The number of carbonyl (C=O) groups is 2. The fourth-order valence-corrected chi connectivity index (χ4v) is 2.32. The maximum absolute atomic E-state index is 12.1. The highest BCUT2D eigenvalue weighted by atomic mass is 16.5. The number of nitrogens with one attached hydrogen (secondary N) is 1. The number of hydrogen-bond acceptors (Lipinski definition) is 3. The van der Waals surface area contributed by atoms with Gasteiger partial charge >= 0.3 is 6.09 Å². The SMILES string of the molecule is CCOC(=O)NCCC(=O)N1CCc2ccccc2C1. The summed E-state index contributed by atoms with van der Waals surface area (Å²) < 4.78 is 4.74. The molecule has 20 heavy (non-hydrogen) atoms. The van der Waals surface area contributed by atoms with Gasteiger partial charge in [0.1, 0.15) is 0 Å². The van der Waals surface area contributed by atoms with Crippen molar-refractivity contribution in [3.63, 3.8) is 0 Å². The first kappa shape index (κ1) is 14.4. The third-order valence-electron chi connectivity index (χ3n) is 3.37. The van der Waals surface area contributed by atoms with Gasteiger partial charge in [0, 0.05) is 26.1 Å². The highest BCUT2D eigenvalue weighted by Gasteiger charge is 2.19. The van der Waals surface area contributed by atoms with Crippen LogP contribution in [-0.2, 0) is 22.5 Å². The topological polar surface area (TPSA) is 58.6 Å². The fourth-order valence-electron chi connectivity index (χ4n) is 2.32. The molecule has 2 rings (SSSR count). The van der Waals surface area contributed by atoms with Gasteiger partial charge in [0.2, 0.25) is 5.91 Å². The van der Waals surface area contributed by atoms with Crippen LogP contribution in [-0.4, -0.2) is 36.6 Å². The maximum Gasteiger partial charge on any atom is 0.407 e. The molecule has 1 aromatic rings. The largest absolute Gasteiger partial charge is 0.450 e. The van der Waals surface area contributed by atoms with Crippen molar-refractivity contribution in [2.24, 2.45) is 0 Å². The first-order chi connectivity index (χ1) is 9.70. The van der Waals surface area contributed by atoms with Crippen molar-refractivity contribution >= 4 is 12.0 Å². The first-order valence-corrected chi connectivity index (χ1v) is 6.96. The zero-order chi connectivity index (χ0) is 14.4. The summed E-state index contributed by atoms with van der Waals surface area (Å²) in [7, 11) is 0. The zero-order valence-electron chi connectivity index (χ0n) is 11.7. The highest BCUT2D eigenvalue weighted by Crippen LogP contribution is 2.18. The number of amides is 2. The molecule has 0 aromatic heterocycles. The molecule has 1 N–H and O–H groups in total. The molecule has 5 heteroatoms. The Labute approximate surface area is 118 Å². The Morgan fingerprint density at radius 1 is 1.30 bits per heavy atom. The van der Waals surface area contributed by atoms with Crippen molar-refractivity contribution in [3.05, 3.63) is 35.4 Å². The Bertz CT molecular complexity index is 488. The molecule has 5 nitrogen and oxygen atoms in total. The van der Waals surface area contributed by atoms with Crippen LogP contribution in [0.2, 0.25) is 0 Å². The Kier molecular flexibility index (Phi) is 4.98. The Balaban J connectivity index is 1.78. The lowest BCUT2D eigenvalue weighted by Gasteiger charge is -2.29. The van der Waals surface area contributed by atoms with E-state index in [9.17, 15) is 9.59 Å². The molecule has 1 aliphatic heterocycles. The molecule has 0 radical (unpaired) electrons. The summed E-state index contributed by atoms with van der Waals surface area (Å²) in [6.45, 7) is 3.80. The van der Waals surface area contributed by atoms with Gasteiger partial charge in [-0.2, -0.15) is 0 Å². The Hall–Kier alpha value is -2.04. The molecule has 0 unspecified atom stereocenters. The van der Waals surface area contributed by atoms with Gasteiger partial charge in [-0.25, -0.2) is 4.79 Å². The van der Waals surface area contributed by atoms with Crippen LogP contribution in [0.4, 0.5) is 4.79 Å². The molecule has 0 saturated heterocycles. The molecule has 108 valence electrons. The van der Waals surface area contributed by atoms with E-state index < -0.39 is 6.09 Å². The third-order valence-corrected chi connectivity index (χ3v) is 3.37. The highest BCUT2D eigenvalue weighted by molar-refractivity contribution is 5.77. The lowest BCUT2D eigenvalue weighted by atomic mass is 10.00. The van der Waals surface area contributed by atoms with Crippen LogP contribution in [0.15, 0.2) is 24.3 Å². The van der Waals surface area contributed by atoms with Gasteiger partial charge in [-0.15, -0.1) is 0 Å². The van der Waals surface area contributed by atoms with E-state index in [1.54, 1.807) is 6.92 Å². The molecular formula is C15H20N2O3. The minimum atomic E-state index is -0.468. The number of alkyl carbamates (subject to hydrolysis) is 1. The molecule has 0 spiro atoms. The lowest BCUT2D eigenvalue weighted by molar-refractivity contribution is -0.131. The van der Waals surface area contributed by atoms with E-state index in [1.807, 2.05) is 17.0 Å². The summed E-state index contributed by atoms with van der Waals surface area (Å²) in [5.74, 6) is 0.0660. The third kappa shape index (κ3) is 3.73. The maximum atomic E-state index is 12.1. The molecule has 1 aromatic carbocycles. The number of nitrogens with zero attached hydrogens (tertiary/aromatic N) is 1. The van der Waals surface area contributed by atoms with Crippen LogP contribution in [0.25, 0.3) is 0 Å². The molecule has 2 amide bonds. The zero-order valence-corrected chi connectivity index (χ0v) is 11.7. The molecule has 0 atom stereocenters. The molecule has 1 aliphatic rings. The van der Waals surface area contributed by atoms with Gasteiger partial charge in [0.15, 0.2) is 0 Å². The average Bonchev–Trinajstić information content (AvgIpc) is 2.47. The van der Waals surface area contributed by atoms with Crippen LogP contribution in [0, 0.1) is 0 Å². The number of benzene rings is 1. The van der Waals surface area contributed by atoms with Crippen LogP contribution < -0.4 is 5.32 Å². The van der Waals surface area contributed by atoms with Crippen LogP contribution in [0.3, 0.4) is 0 Å². The first-order valence-electron chi connectivity index (χ1n) is 6.96. The minimum absolute atomic E-state index is 0.0660. The molecule has 0 bridgehead atoms. The Morgan fingerprint density at radius 2 is 2.05 bits per heavy atom. The van der Waals surface area contributed by atoms with Gasteiger partial charge < -0.3 is 15.0 Å². The van der Waals surface area contributed by atoms with Crippen LogP contribution in [0.5, 0.6) is 0 Å². The van der Waals surface area contributed by atoms with E-state index in [0.717, 1.165) is 13.0 Å². The average molecular weight is 276 g/mol. The molecular weight excluding hydrogens is 256 g/mol. The summed E-state index contributed by atoms with van der Waals surface area (Å²) >= 11 is 0. The number of rotatable bonds is 4. The monoisotopic (exact) mass is 276 g/mol. The van der Waals surface area contributed by atoms with Crippen molar-refractivity contribution in [2.45, 2.75) is 26.3 Å². The number of hydrogen-bond donors (Lipinski definition) is 1. The summed E-state index contributed by atoms with van der Waals surface area (Å²) in [5, 5.41) is 2.56. The predicted molar refractivity (Wildman–Crippen MR) is 75.2 cm³/mol. The summed E-state index contributed by atoms with van der Waals surface area (Å²) in [6.07, 6.45) is 0.734. The predicted octanol–water partition coefficient (Wildman–Crippen LogP) is 1.71. The van der Waals surface area contributed by atoms with Gasteiger partial charge in [0.05, 0.1) is 6.61 Å². The minimum Gasteiger partial charge on any atom is -0.450 e. The quantitative estimate of drug-likeness (QED) is 0.910. The van der Waals surface area contributed by atoms with E-state index in [-0.39, 0.29) is 5.91 Å². The van der Waals surface area contributed by atoms with E-state index in [2.05, 4.69) is 17.4 Å². The lowest BCUT2D eigenvalue weighted by Crippen LogP contribution is -2.38. The van der Waals surface area contributed by atoms with Crippen molar-refractivity contribution < 1.29 is 14.3 Å². The van der Waals surface area contributed by atoms with Crippen LogP contribution in [0.1, 0.15) is 24.5 Å². The normalized spacial score (nSPS) is 13.6. The van der Waals surface area contributed by atoms with Crippen LogP contribution >= 0.6 is 0 Å². The number of ether oxygens (including phenoxy) is 1. The van der Waals surface area contributed by atoms with Gasteiger partial charge in [-0.05, 0) is 24.5 Å². The van der Waals surface area contributed by atoms with E-state index in [0.29, 0.717) is 26.1 Å². The number of fused-ring (bicyclic) bond motifs is 1. The van der Waals surface area contributed by atoms with E-state index in [4.69, 9.17) is 4.74 Å². The second kappa shape index (κ2) is 6.93. The van der Waals surface area contributed by atoms with Gasteiger partial charge in [-0.1, -0.05) is 24.3 Å². The van der Waals surface area contributed by atoms with Crippen molar-refractivity contribution in [3.8, 4) is 0 Å². The van der Waals surface area contributed by atoms with E-state index >= 15 is 0 Å². The summed E-state index contributed by atoms with van der Waals surface area (Å²) in [4.78, 5) is 25.0. The van der Waals surface area contributed by atoms with Crippen molar-refractivity contribution in [1.29, 1.82) is 0 Å². The standard InChI is InChI=1S/C15H20N2O3/c1-2-20-15(19)16-9-7-14(18)17-10-8-12-5-3-4-6-13(12)11-17/h3-6H,2,7-11H2,1H3,(H,16,19). The summed E-state index contributed by atoms with van der Waals surface area (Å²) in [6, 6.07) is 8.19. The van der Waals surface area contributed by atoms with Crippen molar-refractivity contribution in [2.75, 3.05) is 19.7 Å². The second-order valence-corrected chi connectivity index (χ2v) is 4.73. The van der Waals surface area contributed by atoms with E-state index in [1.165, 1.54) is 11.1 Å². The molecule has 1 heterocycles. The second-order valence-electron chi connectivity index (χ2n) is 4.73. The smallest absolute Gasteiger partial charge is 0.407 e. The number of carbonyl (C=O) groups excluding carboxylic acids is 2. The van der Waals surface area contributed by atoms with Gasteiger partial charge in [-0.3, -0.25) is 4.79 Å². The molecule has 0 saturated carbocycles. The Morgan fingerprint density at radius 3 is 2.80 bits per heavy atom. The van der Waals surface area contributed by atoms with Gasteiger partial charge in [0.25, 0.3) is 0 Å². The van der Waals surface area contributed by atoms with Crippen molar-refractivity contribution in [1.82, 2.24) is 10.2 Å². The molecule has 0 fully saturated rings. The fraction of sp³-hybridized carbons (Fsp3) is 0.467. The summed E-state index contributed by atoms with van der Waals surface area (Å²) in [5.41, 5.74) is 2.53. The molecule has 0 aliphatic carbocycles.